The van der Waals surface area contributed by atoms with Gasteiger partial charge in [0.2, 0.25) is 0 Å². The normalized spacial score (nSPS) is 12.3. The number of ether oxygens (including phenoxy) is 1. The molecule has 1 aliphatic rings. The highest BCUT2D eigenvalue weighted by atomic mass is 16.5. The monoisotopic (exact) mass is 308 g/mol. The van der Waals surface area contributed by atoms with Gasteiger partial charge in [-0.25, -0.2) is 4.98 Å². The van der Waals surface area contributed by atoms with E-state index in [2.05, 4.69) is 36.4 Å². The zero-order valence-electron chi connectivity index (χ0n) is 13.0. The lowest BCUT2D eigenvalue weighted by molar-refractivity contribution is 0.302. The highest BCUT2D eigenvalue weighted by Gasteiger charge is 2.23. The smallest absolute Gasteiger partial charge is 0.129 e. The Balaban J connectivity index is 1.92. The van der Waals surface area contributed by atoms with Crippen molar-refractivity contribution in [2.24, 2.45) is 0 Å². The van der Waals surface area contributed by atoms with E-state index in [1.54, 1.807) is 0 Å². The summed E-state index contributed by atoms with van der Waals surface area (Å²) in [6.07, 6.45) is 0. The third-order valence-electron chi connectivity index (χ3n) is 4.51. The summed E-state index contributed by atoms with van der Waals surface area (Å²) in [5, 5.41) is 1.12. The highest BCUT2D eigenvalue weighted by Crippen LogP contribution is 2.42. The molecule has 0 spiro atoms. The van der Waals surface area contributed by atoms with Crippen molar-refractivity contribution in [3.8, 4) is 28.1 Å². The highest BCUT2D eigenvalue weighted by molar-refractivity contribution is 5.99. The van der Waals surface area contributed by atoms with E-state index in [-0.39, 0.29) is 0 Å². The van der Waals surface area contributed by atoms with Crippen LogP contribution in [0.4, 0.5) is 0 Å². The number of para-hydroxylation sites is 1. The molecule has 0 unspecified atom stereocenters. The molecule has 0 amide bonds. The van der Waals surface area contributed by atoms with Crippen LogP contribution in [-0.2, 0) is 6.61 Å². The minimum Gasteiger partial charge on any atom is -0.488 e. The molecule has 0 bridgehead atoms. The molecule has 0 fully saturated rings. The van der Waals surface area contributed by atoms with E-state index in [0.717, 1.165) is 33.5 Å². The van der Waals surface area contributed by atoms with Gasteiger partial charge < -0.3 is 4.74 Å². The Labute approximate surface area is 140 Å². The lowest BCUT2D eigenvalue weighted by atomic mass is 9.91. The maximum atomic E-state index is 6.01. The van der Waals surface area contributed by atoms with Gasteiger partial charge in [0.05, 0.1) is 11.2 Å². The molecule has 1 radical (unpaired) electrons. The molecule has 0 saturated carbocycles. The second-order valence-electron chi connectivity index (χ2n) is 5.91. The number of fused-ring (bicyclic) bond motifs is 4. The number of benzene rings is 3. The largest absolute Gasteiger partial charge is 0.488 e. The molecule has 24 heavy (non-hydrogen) atoms. The fraction of sp³-hybridized carbons (Fsp3) is 0.0455. The lowest BCUT2D eigenvalue weighted by Gasteiger charge is -2.24. The van der Waals surface area contributed by atoms with Crippen LogP contribution in [-0.4, -0.2) is 4.98 Å². The molecule has 0 aliphatic carbocycles. The summed E-state index contributed by atoms with van der Waals surface area (Å²) in [5.74, 6) is 0.901. The molecule has 0 atom stereocenters. The zero-order chi connectivity index (χ0) is 15.9. The van der Waals surface area contributed by atoms with Gasteiger partial charge in [-0.2, -0.15) is 0 Å². The van der Waals surface area contributed by atoms with Crippen molar-refractivity contribution in [1.82, 2.24) is 4.98 Å². The van der Waals surface area contributed by atoms with Crippen molar-refractivity contribution in [2.45, 2.75) is 6.61 Å². The van der Waals surface area contributed by atoms with E-state index in [9.17, 15) is 0 Å². The molecule has 1 aromatic heterocycles. The van der Waals surface area contributed by atoms with Gasteiger partial charge in [0.1, 0.15) is 12.4 Å². The minimum atomic E-state index is 0.536. The van der Waals surface area contributed by atoms with Crippen LogP contribution >= 0.6 is 0 Å². The predicted molar refractivity (Wildman–Crippen MR) is 95.8 cm³/mol. The molecule has 1 aliphatic heterocycles. The quantitative estimate of drug-likeness (QED) is 0.478. The third-order valence-corrected chi connectivity index (χ3v) is 4.51. The van der Waals surface area contributed by atoms with Gasteiger partial charge >= 0.3 is 0 Å². The summed E-state index contributed by atoms with van der Waals surface area (Å²) in [7, 11) is 0. The average molecular weight is 308 g/mol. The van der Waals surface area contributed by atoms with Crippen LogP contribution in [0.5, 0.6) is 5.75 Å². The summed E-state index contributed by atoms with van der Waals surface area (Å²) in [6.45, 7) is 0.536. The van der Waals surface area contributed by atoms with Crippen LogP contribution in [0.1, 0.15) is 5.56 Å². The van der Waals surface area contributed by atoms with E-state index in [4.69, 9.17) is 9.72 Å². The van der Waals surface area contributed by atoms with Crippen molar-refractivity contribution in [3.63, 3.8) is 0 Å². The van der Waals surface area contributed by atoms with Crippen LogP contribution in [0.3, 0.4) is 0 Å². The first-order valence-electron chi connectivity index (χ1n) is 8.02. The molecule has 3 aromatic carbocycles. The molecular formula is C22H14NO. The fourth-order valence-corrected chi connectivity index (χ4v) is 3.42. The Morgan fingerprint density at radius 1 is 0.917 bits per heavy atom. The summed E-state index contributed by atoms with van der Waals surface area (Å²) in [6, 6.07) is 27.7. The average Bonchev–Trinajstić information content (AvgIpc) is 2.67. The molecule has 0 N–H and O–H groups in total. The Bertz CT molecular complexity index is 1050. The van der Waals surface area contributed by atoms with Gasteiger partial charge in [0, 0.05) is 16.5 Å². The van der Waals surface area contributed by atoms with Crippen LogP contribution in [0.25, 0.3) is 33.3 Å². The lowest BCUT2D eigenvalue weighted by Crippen LogP contribution is -2.09. The van der Waals surface area contributed by atoms with Gasteiger partial charge in [-0.1, -0.05) is 48.5 Å². The van der Waals surface area contributed by atoms with Crippen molar-refractivity contribution >= 4 is 10.9 Å². The second kappa shape index (κ2) is 5.20. The van der Waals surface area contributed by atoms with Crippen LogP contribution in [0.2, 0.25) is 0 Å². The molecular weight excluding hydrogens is 294 g/mol. The first-order chi connectivity index (χ1) is 11.9. The van der Waals surface area contributed by atoms with E-state index in [1.807, 2.05) is 42.5 Å². The SMILES string of the molecule is [c]1ccc2nc3c(c(-c4ccccc4)c2c1)COc1ccccc1-3. The first-order valence-corrected chi connectivity index (χ1v) is 8.02. The van der Waals surface area contributed by atoms with E-state index < -0.39 is 0 Å². The standard InChI is InChI=1S/C22H14NO/c1-2-8-15(9-3-1)21-16-10-4-6-12-19(16)23-22-17-11-5-7-13-20(17)24-14-18(21)22/h1-3,5-13H,14H2. The van der Waals surface area contributed by atoms with Crippen LogP contribution in [0.15, 0.2) is 72.8 Å². The summed E-state index contributed by atoms with van der Waals surface area (Å²) >= 11 is 0. The van der Waals surface area contributed by atoms with Gasteiger partial charge in [-0.05, 0) is 41.5 Å². The Hall–Kier alpha value is -3.13. The van der Waals surface area contributed by atoms with Gasteiger partial charge in [0.15, 0.2) is 0 Å². The number of pyridine rings is 1. The van der Waals surface area contributed by atoms with Crippen molar-refractivity contribution < 1.29 is 4.74 Å². The summed E-state index contributed by atoms with van der Waals surface area (Å²) in [4.78, 5) is 4.94. The summed E-state index contributed by atoms with van der Waals surface area (Å²) < 4.78 is 6.01. The van der Waals surface area contributed by atoms with Crippen molar-refractivity contribution in [1.29, 1.82) is 0 Å². The van der Waals surface area contributed by atoms with Crippen molar-refractivity contribution in [3.05, 3.63) is 84.4 Å². The third kappa shape index (κ3) is 1.93. The number of rotatable bonds is 1. The predicted octanol–water partition coefficient (Wildman–Crippen LogP) is 5.26. The molecule has 2 heterocycles. The van der Waals surface area contributed by atoms with E-state index in [1.165, 1.54) is 11.1 Å². The maximum Gasteiger partial charge on any atom is 0.129 e. The Kier molecular flexibility index (Phi) is 2.89. The van der Waals surface area contributed by atoms with E-state index in [0.29, 0.717) is 6.61 Å². The molecule has 5 rings (SSSR count). The number of hydrogen-bond donors (Lipinski definition) is 0. The Morgan fingerprint density at radius 2 is 1.75 bits per heavy atom. The Morgan fingerprint density at radius 3 is 2.67 bits per heavy atom. The van der Waals surface area contributed by atoms with E-state index >= 15 is 0 Å². The fourth-order valence-electron chi connectivity index (χ4n) is 3.42. The summed E-state index contributed by atoms with van der Waals surface area (Å²) in [5.41, 5.74) is 6.60. The van der Waals surface area contributed by atoms with Gasteiger partial charge in [-0.15, -0.1) is 0 Å². The number of aromatic nitrogens is 1. The molecule has 2 nitrogen and oxygen atoms in total. The first kappa shape index (κ1) is 13.3. The zero-order valence-corrected chi connectivity index (χ0v) is 13.0. The molecule has 113 valence electrons. The molecule has 2 heteroatoms. The van der Waals surface area contributed by atoms with Crippen LogP contribution in [0, 0.1) is 6.07 Å². The molecule has 4 aromatic rings. The maximum absolute atomic E-state index is 6.01. The van der Waals surface area contributed by atoms with Crippen LogP contribution < -0.4 is 4.74 Å². The number of hydrogen-bond acceptors (Lipinski definition) is 2. The topological polar surface area (TPSA) is 22.1 Å². The van der Waals surface area contributed by atoms with Crippen molar-refractivity contribution in [2.75, 3.05) is 0 Å². The van der Waals surface area contributed by atoms with Gasteiger partial charge in [-0.3, -0.25) is 0 Å². The number of nitrogens with zero attached hydrogens (tertiary/aromatic N) is 1. The minimum absolute atomic E-state index is 0.536. The molecule has 0 saturated heterocycles. The second-order valence-corrected chi connectivity index (χ2v) is 5.91. The van der Waals surface area contributed by atoms with Gasteiger partial charge in [0.25, 0.3) is 0 Å².